The SMILES string of the molecule is C[C@H](O)c1nccn1[C@@H](/C=C/c1ccc(-c2ccc(OC3COCC[C@H]3O)cc2)cc1)CO. The lowest BCUT2D eigenvalue weighted by Gasteiger charge is -2.28. The standard InChI is InChI=1S/C26H30N2O5/c1-18(30)26-27-13-14-28(26)22(16-29)9-4-19-2-5-20(6-3-19)21-7-10-23(11-8-21)33-25-17-32-15-12-24(25)31/h2-11,13-14,18,22,24-25,29-31H,12,15-17H2,1H3/b9-4+/t18-,22-,24+,25?/m0/s1. The molecule has 3 N–H and O–H groups in total. The van der Waals surface area contributed by atoms with Gasteiger partial charge in [-0.05, 0) is 35.7 Å². The van der Waals surface area contributed by atoms with Gasteiger partial charge in [0.1, 0.15) is 23.8 Å². The van der Waals surface area contributed by atoms with E-state index < -0.39 is 12.2 Å². The minimum atomic E-state index is -0.709. The lowest BCUT2D eigenvalue weighted by Crippen LogP contribution is -2.40. The van der Waals surface area contributed by atoms with Gasteiger partial charge in [0.05, 0.1) is 25.4 Å². The van der Waals surface area contributed by atoms with Crippen LogP contribution in [0.1, 0.15) is 36.9 Å². The molecule has 2 heterocycles. The van der Waals surface area contributed by atoms with Crippen LogP contribution in [0, 0.1) is 0 Å². The number of aliphatic hydroxyl groups is 3. The monoisotopic (exact) mass is 450 g/mol. The second-order valence-corrected chi connectivity index (χ2v) is 8.21. The minimum absolute atomic E-state index is 0.0942. The lowest BCUT2D eigenvalue weighted by atomic mass is 10.0. The molecule has 2 aromatic carbocycles. The molecule has 7 heteroatoms. The molecule has 0 aliphatic carbocycles. The van der Waals surface area contributed by atoms with Crippen LogP contribution >= 0.6 is 0 Å². The Morgan fingerprint density at radius 2 is 1.85 bits per heavy atom. The summed E-state index contributed by atoms with van der Waals surface area (Å²) in [5.41, 5.74) is 3.14. The normalized spacial score (nSPS) is 20.6. The molecule has 4 atom stereocenters. The van der Waals surface area contributed by atoms with Crippen molar-refractivity contribution in [2.75, 3.05) is 19.8 Å². The van der Waals surface area contributed by atoms with Crippen molar-refractivity contribution in [1.82, 2.24) is 9.55 Å². The van der Waals surface area contributed by atoms with Gasteiger partial charge in [-0.15, -0.1) is 0 Å². The minimum Gasteiger partial charge on any atom is -0.485 e. The van der Waals surface area contributed by atoms with Crippen LogP contribution in [0.5, 0.6) is 5.75 Å². The van der Waals surface area contributed by atoms with E-state index in [1.165, 1.54) is 0 Å². The average molecular weight is 451 g/mol. The van der Waals surface area contributed by atoms with Crippen LogP contribution in [0.25, 0.3) is 17.2 Å². The van der Waals surface area contributed by atoms with E-state index >= 15 is 0 Å². The molecule has 174 valence electrons. The molecule has 1 fully saturated rings. The molecule has 1 unspecified atom stereocenters. The Balaban J connectivity index is 1.41. The summed E-state index contributed by atoms with van der Waals surface area (Å²) < 4.78 is 13.0. The van der Waals surface area contributed by atoms with Crippen LogP contribution in [0.15, 0.2) is 67.0 Å². The van der Waals surface area contributed by atoms with Gasteiger partial charge in [-0.2, -0.15) is 0 Å². The number of nitrogens with zero attached hydrogens (tertiary/aromatic N) is 2. The quantitative estimate of drug-likeness (QED) is 0.487. The Labute approximate surface area is 193 Å². The van der Waals surface area contributed by atoms with Crippen LogP contribution < -0.4 is 4.74 Å². The van der Waals surface area contributed by atoms with Crippen molar-refractivity contribution in [1.29, 1.82) is 0 Å². The Bertz CT molecular complexity index is 1040. The van der Waals surface area contributed by atoms with E-state index in [0.29, 0.717) is 31.2 Å². The predicted octanol–water partition coefficient (Wildman–Crippen LogP) is 3.38. The number of hydrogen-bond acceptors (Lipinski definition) is 6. The second kappa shape index (κ2) is 10.8. The largest absolute Gasteiger partial charge is 0.485 e. The summed E-state index contributed by atoms with van der Waals surface area (Å²) >= 11 is 0. The van der Waals surface area contributed by atoms with Crippen molar-refractivity contribution < 1.29 is 24.8 Å². The Morgan fingerprint density at radius 1 is 1.15 bits per heavy atom. The van der Waals surface area contributed by atoms with E-state index in [2.05, 4.69) is 4.98 Å². The first-order valence-corrected chi connectivity index (χ1v) is 11.2. The Morgan fingerprint density at radius 3 is 2.48 bits per heavy atom. The predicted molar refractivity (Wildman–Crippen MR) is 126 cm³/mol. The zero-order chi connectivity index (χ0) is 23.2. The fraction of sp³-hybridized carbons (Fsp3) is 0.346. The molecular formula is C26H30N2O5. The van der Waals surface area contributed by atoms with Crippen LogP contribution in [-0.4, -0.2) is 56.9 Å². The first-order valence-electron chi connectivity index (χ1n) is 11.2. The number of imidazole rings is 1. The Hall–Kier alpha value is -2.97. The van der Waals surface area contributed by atoms with Crippen LogP contribution in [-0.2, 0) is 4.74 Å². The van der Waals surface area contributed by atoms with Gasteiger partial charge in [0, 0.05) is 25.4 Å². The fourth-order valence-corrected chi connectivity index (χ4v) is 3.89. The van der Waals surface area contributed by atoms with E-state index in [9.17, 15) is 15.3 Å². The van der Waals surface area contributed by atoms with Crippen LogP contribution in [0.4, 0.5) is 0 Å². The van der Waals surface area contributed by atoms with E-state index in [-0.39, 0.29) is 18.8 Å². The van der Waals surface area contributed by atoms with Crippen molar-refractivity contribution in [3.8, 4) is 16.9 Å². The molecule has 33 heavy (non-hydrogen) atoms. The third-order valence-electron chi connectivity index (χ3n) is 5.78. The lowest BCUT2D eigenvalue weighted by molar-refractivity contribution is -0.0735. The first-order chi connectivity index (χ1) is 16.0. The number of ether oxygens (including phenoxy) is 2. The maximum atomic E-state index is 10.0. The number of benzene rings is 2. The fourth-order valence-electron chi connectivity index (χ4n) is 3.89. The van der Waals surface area contributed by atoms with Crippen LogP contribution in [0.3, 0.4) is 0 Å². The van der Waals surface area contributed by atoms with E-state index in [1.54, 1.807) is 23.9 Å². The molecule has 1 aliphatic heterocycles. The number of aliphatic hydroxyl groups excluding tert-OH is 3. The third kappa shape index (κ3) is 5.69. The van der Waals surface area contributed by atoms with Gasteiger partial charge in [-0.25, -0.2) is 4.98 Å². The summed E-state index contributed by atoms with van der Waals surface area (Å²) in [5, 5.41) is 29.7. The van der Waals surface area contributed by atoms with Gasteiger partial charge in [0.15, 0.2) is 0 Å². The van der Waals surface area contributed by atoms with Crippen molar-refractivity contribution in [2.45, 2.75) is 37.7 Å². The van der Waals surface area contributed by atoms with Crippen molar-refractivity contribution in [2.24, 2.45) is 0 Å². The topological polar surface area (TPSA) is 97.0 Å². The van der Waals surface area contributed by atoms with Crippen molar-refractivity contribution in [3.63, 3.8) is 0 Å². The number of rotatable bonds is 8. The zero-order valence-electron chi connectivity index (χ0n) is 18.6. The molecule has 3 aromatic rings. The summed E-state index contributed by atoms with van der Waals surface area (Å²) in [6.45, 7) is 2.53. The average Bonchev–Trinajstić information content (AvgIpc) is 3.32. The highest BCUT2D eigenvalue weighted by Crippen LogP contribution is 2.25. The summed E-state index contributed by atoms with van der Waals surface area (Å²) in [6.07, 6.45) is 6.27. The second-order valence-electron chi connectivity index (χ2n) is 8.21. The van der Waals surface area contributed by atoms with E-state index in [4.69, 9.17) is 9.47 Å². The van der Waals surface area contributed by atoms with E-state index in [1.807, 2.05) is 60.7 Å². The highest BCUT2D eigenvalue weighted by molar-refractivity contribution is 5.66. The smallest absolute Gasteiger partial charge is 0.148 e. The van der Waals surface area contributed by atoms with Crippen molar-refractivity contribution >= 4 is 6.08 Å². The molecule has 0 spiro atoms. The Kier molecular flexibility index (Phi) is 7.57. The maximum absolute atomic E-state index is 10.0. The molecule has 1 aliphatic rings. The maximum Gasteiger partial charge on any atom is 0.148 e. The molecular weight excluding hydrogens is 420 g/mol. The molecule has 1 saturated heterocycles. The van der Waals surface area contributed by atoms with Gasteiger partial charge >= 0.3 is 0 Å². The van der Waals surface area contributed by atoms with E-state index in [0.717, 1.165) is 16.7 Å². The molecule has 4 rings (SSSR count). The molecule has 0 bridgehead atoms. The van der Waals surface area contributed by atoms with Crippen LogP contribution in [0.2, 0.25) is 0 Å². The number of aromatic nitrogens is 2. The summed E-state index contributed by atoms with van der Waals surface area (Å²) in [6, 6.07) is 15.6. The zero-order valence-corrected chi connectivity index (χ0v) is 18.6. The highest BCUT2D eigenvalue weighted by Gasteiger charge is 2.25. The van der Waals surface area contributed by atoms with Gasteiger partial charge in [-0.1, -0.05) is 48.6 Å². The molecule has 0 saturated carbocycles. The summed E-state index contributed by atoms with van der Waals surface area (Å²) in [7, 11) is 0. The van der Waals surface area contributed by atoms with Gasteiger partial charge in [0.25, 0.3) is 0 Å². The number of hydrogen-bond donors (Lipinski definition) is 3. The molecule has 0 radical (unpaired) electrons. The molecule has 0 amide bonds. The summed E-state index contributed by atoms with van der Waals surface area (Å²) in [5.74, 6) is 1.23. The van der Waals surface area contributed by atoms with Crippen molar-refractivity contribution in [3.05, 3.63) is 78.4 Å². The van der Waals surface area contributed by atoms with Gasteiger partial charge in [-0.3, -0.25) is 0 Å². The highest BCUT2D eigenvalue weighted by atomic mass is 16.5. The van der Waals surface area contributed by atoms with Gasteiger partial charge in [0.2, 0.25) is 0 Å². The first kappa shape index (κ1) is 23.2. The third-order valence-corrected chi connectivity index (χ3v) is 5.78. The van der Waals surface area contributed by atoms with Gasteiger partial charge < -0.3 is 29.4 Å². The molecule has 7 nitrogen and oxygen atoms in total. The summed E-state index contributed by atoms with van der Waals surface area (Å²) in [4.78, 5) is 4.17. The molecule has 1 aromatic heterocycles.